The van der Waals surface area contributed by atoms with E-state index in [0.717, 1.165) is 6.07 Å². The molecule has 11 heteroatoms. The Morgan fingerprint density at radius 2 is 1.71 bits per heavy atom. The molecule has 2 aliphatic heterocycles. The summed E-state index contributed by atoms with van der Waals surface area (Å²) in [5.41, 5.74) is -0.586. The molecule has 1 amide bonds. The minimum atomic E-state index is -4.45. The summed E-state index contributed by atoms with van der Waals surface area (Å²) in [7, 11) is -3.76. The van der Waals surface area contributed by atoms with E-state index in [1.807, 2.05) is 0 Å². The number of fused-ring (bicyclic) bond motifs is 1. The Labute approximate surface area is 195 Å². The number of sulfonamides is 1. The highest BCUT2D eigenvalue weighted by Crippen LogP contribution is 2.34. The lowest BCUT2D eigenvalue weighted by Crippen LogP contribution is -2.43. The van der Waals surface area contributed by atoms with Gasteiger partial charge < -0.3 is 14.8 Å². The molecule has 0 bridgehead atoms. The zero-order valence-corrected chi connectivity index (χ0v) is 19.1. The van der Waals surface area contributed by atoms with Gasteiger partial charge in [0.1, 0.15) is 13.2 Å². The molecule has 184 valence electrons. The molecule has 7 nitrogen and oxygen atoms in total. The summed E-state index contributed by atoms with van der Waals surface area (Å²) in [5.74, 6) is 0.206. The average molecular weight is 499 g/mol. The number of hydrogen-bond acceptors (Lipinski definition) is 5. The highest BCUT2D eigenvalue weighted by molar-refractivity contribution is 7.89. The van der Waals surface area contributed by atoms with Crippen molar-refractivity contribution in [2.45, 2.75) is 30.3 Å². The van der Waals surface area contributed by atoms with E-state index in [2.05, 4.69) is 5.32 Å². The zero-order valence-electron chi connectivity index (χ0n) is 18.3. The zero-order chi connectivity index (χ0) is 24.3. The van der Waals surface area contributed by atoms with Crippen LogP contribution in [0.4, 0.5) is 13.2 Å². The van der Waals surface area contributed by atoms with Gasteiger partial charge in [0.15, 0.2) is 11.5 Å². The fourth-order valence-corrected chi connectivity index (χ4v) is 5.66. The summed E-state index contributed by atoms with van der Waals surface area (Å²) < 4.78 is 77.6. The van der Waals surface area contributed by atoms with Gasteiger partial charge in [0, 0.05) is 31.6 Å². The topological polar surface area (TPSA) is 84.9 Å². The van der Waals surface area contributed by atoms with Crippen LogP contribution in [0, 0.1) is 5.92 Å². The highest BCUT2D eigenvalue weighted by atomic mass is 32.2. The van der Waals surface area contributed by atoms with Crippen molar-refractivity contribution in [2.24, 2.45) is 5.92 Å². The van der Waals surface area contributed by atoms with E-state index in [1.165, 1.54) is 34.6 Å². The van der Waals surface area contributed by atoms with Gasteiger partial charge in [-0.3, -0.25) is 4.79 Å². The molecule has 1 saturated heterocycles. The summed E-state index contributed by atoms with van der Waals surface area (Å²) in [6, 6.07) is 9.77. The van der Waals surface area contributed by atoms with Gasteiger partial charge in [0.05, 0.1) is 10.5 Å². The number of halogens is 3. The van der Waals surface area contributed by atoms with Crippen molar-refractivity contribution in [1.29, 1.82) is 0 Å². The smallest absolute Gasteiger partial charge is 0.416 e. The molecule has 34 heavy (non-hydrogen) atoms. The monoisotopic (exact) mass is 498 g/mol. The second-order valence-electron chi connectivity index (χ2n) is 8.18. The van der Waals surface area contributed by atoms with E-state index in [-0.39, 0.29) is 42.4 Å². The van der Waals surface area contributed by atoms with Gasteiger partial charge in [-0.15, -0.1) is 0 Å². The van der Waals surface area contributed by atoms with Crippen molar-refractivity contribution < 1.29 is 35.9 Å². The van der Waals surface area contributed by atoms with E-state index in [9.17, 15) is 26.4 Å². The number of rotatable bonds is 6. The number of carbonyl (C=O) groups is 1. The number of amides is 1. The first-order chi connectivity index (χ1) is 16.2. The maximum absolute atomic E-state index is 13.1. The molecule has 1 N–H and O–H groups in total. The summed E-state index contributed by atoms with van der Waals surface area (Å²) in [6.07, 6.45) is -3.74. The van der Waals surface area contributed by atoms with Crippen LogP contribution in [0.3, 0.4) is 0 Å². The molecule has 0 atom stereocenters. The van der Waals surface area contributed by atoms with Crippen LogP contribution in [0.15, 0.2) is 47.4 Å². The Balaban J connectivity index is 1.30. The minimum Gasteiger partial charge on any atom is -0.486 e. The van der Waals surface area contributed by atoms with Gasteiger partial charge in [-0.05, 0) is 43.0 Å². The van der Waals surface area contributed by atoms with E-state index in [1.54, 1.807) is 6.07 Å². The number of nitrogens with zero attached hydrogens (tertiary/aromatic N) is 1. The van der Waals surface area contributed by atoms with Crippen molar-refractivity contribution in [1.82, 2.24) is 9.62 Å². The Morgan fingerprint density at radius 1 is 1.03 bits per heavy atom. The van der Waals surface area contributed by atoms with Crippen LogP contribution in [0.25, 0.3) is 0 Å². The van der Waals surface area contributed by atoms with Gasteiger partial charge in [0.25, 0.3) is 0 Å². The summed E-state index contributed by atoms with van der Waals surface area (Å²) in [5, 5.41) is 2.69. The van der Waals surface area contributed by atoms with Crippen LogP contribution in [0.5, 0.6) is 11.5 Å². The highest BCUT2D eigenvalue weighted by Gasteiger charge is 2.34. The van der Waals surface area contributed by atoms with E-state index >= 15 is 0 Å². The molecule has 0 radical (unpaired) electrons. The van der Waals surface area contributed by atoms with Crippen LogP contribution in [0.1, 0.15) is 24.0 Å². The van der Waals surface area contributed by atoms with Crippen LogP contribution in [-0.2, 0) is 27.4 Å². The standard InChI is InChI=1S/C23H25F3N2O5S/c24-23(25,26)19-4-2-1-3-16(19)7-10-27-22(29)17-8-11-28(12-9-17)34(30,31)18-5-6-20-21(15-18)33-14-13-32-20/h1-6,15,17H,7-14H2,(H,27,29). The second kappa shape index (κ2) is 9.83. The Kier molecular flexibility index (Phi) is 7.04. The Hall–Kier alpha value is -2.79. The first kappa shape index (κ1) is 24.3. The fourth-order valence-electron chi connectivity index (χ4n) is 4.17. The van der Waals surface area contributed by atoms with Crippen molar-refractivity contribution in [2.75, 3.05) is 32.8 Å². The largest absolute Gasteiger partial charge is 0.486 e. The lowest BCUT2D eigenvalue weighted by Gasteiger charge is -2.31. The lowest BCUT2D eigenvalue weighted by atomic mass is 9.97. The molecule has 0 aliphatic carbocycles. The lowest BCUT2D eigenvalue weighted by molar-refractivity contribution is -0.138. The Bertz CT molecular complexity index is 1150. The first-order valence-electron chi connectivity index (χ1n) is 11.0. The molecular weight excluding hydrogens is 473 g/mol. The van der Waals surface area contributed by atoms with Gasteiger partial charge in [0.2, 0.25) is 15.9 Å². The predicted molar refractivity (Wildman–Crippen MR) is 117 cm³/mol. The molecular formula is C23H25F3N2O5S. The molecule has 2 heterocycles. The third-order valence-corrected chi connectivity index (χ3v) is 7.89. The number of ether oxygens (including phenoxy) is 2. The second-order valence-corrected chi connectivity index (χ2v) is 10.1. The number of hydrogen-bond donors (Lipinski definition) is 1. The number of alkyl halides is 3. The van der Waals surface area contributed by atoms with Gasteiger partial charge in [-0.1, -0.05) is 18.2 Å². The van der Waals surface area contributed by atoms with Crippen molar-refractivity contribution in [3.8, 4) is 11.5 Å². The van der Waals surface area contributed by atoms with E-state index in [4.69, 9.17) is 9.47 Å². The van der Waals surface area contributed by atoms with E-state index < -0.39 is 27.7 Å². The van der Waals surface area contributed by atoms with Gasteiger partial charge >= 0.3 is 6.18 Å². The van der Waals surface area contributed by atoms with E-state index in [0.29, 0.717) is 37.6 Å². The fraction of sp³-hybridized carbons (Fsp3) is 0.435. The molecule has 0 aromatic heterocycles. The Morgan fingerprint density at radius 3 is 2.41 bits per heavy atom. The molecule has 1 fully saturated rings. The number of carbonyl (C=O) groups excluding carboxylic acids is 1. The quantitative estimate of drug-likeness (QED) is 0.661. The van der Waals surface area contributed by atoms with Gasteiger partial charge in [-0.25, -0.2) is 8.42 Å². The minimum absolute atomic E-state index is 0.0543. The summed E-state index contributed by atoms with van der Waals surface area (Å²) in [6.45, 7) is 1.17. The summed E-state index contributed by atoms with van der Waals surface area (Å²) in [4.78, 5) is 12.6. The predicted octanol–water partition coefficient (Wildman–Crippen LogP) is 3.24. The SMILES string of the molecule is O=C(NCCc1ccccc1C(F)(F)F)C1CCN(S(=O)(=O)c2ccc3c(c2)OCCO3)CC1. The molecule has 0 unspecified atom stereocenters. The number of benzene rings is 2. The van der Waals surface area contributed by atoms with Crippen molar-refractivity contribution in [3.05, 3.63) is 53.6 Å². The molecule has 2 aromatic rings. The number of nitrogens with one attached hydrogen (secondary N) is 1. The first-order valence-corrected chi connectivity index (χ1v) is 12.4. The van der Waals surface area contributed by atoms with Crippen LogP contribution in [-0.4, -0.2) is 51.5 Å². The molecule has 2 aliphatic rings. The third kappa shape index (κ3) is 5.30. The molecule has 2 aromatic carbocycles. The molecule has 0 spiro atoms. The van der Waals surface area contributed by atoms with Crippen LogP contribution >= 0.6 is 0 Å². The van der Waals surface area contributed by atoms with Crippen molar-refractivity contribution in [3.63, 3.8) is 0 Å². The molecule has 4 rings (SSSR count). The maximum Gasteiger partial charge on any atom is 0.416 e. The maximum atomic E-state index is 13.1. The summed E-state index contributed by atoms with van der Waals surface area (Å²) >= 11 is 0. The third-order valence-electron chi connectivity index (χ3n) is 5.99. The van der Waals surface area contributed by atoms with Crippen molar-refractivity contribution >= 4 is 15.9 Å². The molecule has 0 saturated carbocycles. The average Bonchev–Trinajstić information content (AvgIpc) is 2.83. The van der Waals surface area contributed by atoms with Crippen LogP contribution in [0.2, 0.25) is 0 Å². The number of piperidine rings is 1. The van der Waals surface area contributed by atoms with Crippen LogP contribution < -0.4 is 14.8 Å². The normalized spacial score (nSPS) is 17.4. The van der Waals surface area contributed by atoms with Gasteiger partial charge in [-0.2, -0.15) is 17.5 Å².